The van der Waals surface area contributed by atoms with Gasteiger partial charge in [0, 0.05) is 37.0 Å². The first kappa shape index (κ1) is 30.0. The van der Waals surface area contributed by atoms with Crippen molar-refractivity contribution in [1.29, 1.82) is 0 Å². The van der Waals surface area contributed by atoms with Crippen LogP contribution in [0.25, 0.3) is 0 Å². The normalized spacial score (nSPS) is 22.7. The Labute approximate surface area is 244 Å². The van der Waals surface area contributed by atoms with Crippen molar-refractivity contribution in [3.63, 3.8) is 0 Å². The number of likely N-dealkylation sites (tertiary alicyclic amines) is 1. The van der Waals surface area contributed by atoms with Gasteiger partial charge in [-0.2, -0.15) is 13.2 Å². The van der Waals surface area contributed by atoms with Gasteiger partial charge in [0.05, 0.1) is 18.8 Å². The maximum atomic E-state index is 13.0. The molecule has 5 rings (SSSR count). The van der Waals surface area contributed by atoms with Gasteiger partial charge in [0.2, 0.25) is 5.91 Å². The molecule has 0 bridgehead atoms. The third-order valence-electron chi connectivity index (χ3n) is 7.19. The number of carbonyl (C=O) groups excluding carboxylic acids is 2. The Morgan fingerprint density at radius 1 is 1.10 bits per heavy atom. The van der Waals surface area contributed by atoms with Crippen molar-refractivity contribution in [3.05, 3.63) is 71.5 Å². The number of rotatable bonds is 8. The van der Waals surface area contributed by atoms with Gasteiger partial charge >= 0.3 is 12.1 Å². The summed E-state index contributed by atoms with van der Waals surface area (Å²) in [6, 6.07) is 13.0. The van der Waals surface area contributed by atoms with Crippen LogP contribution in [0.2, 0.25) is 0 Å². The molecule has 0 spiro atoms. The lowest BCUT2D eigenvalue weighted by Crippen LogP contribution is -2.48. The molecule has 224 valence electrons. The number of carbonyl (C=O) groups is 2. The molecule has 2 saturated heterocycles. The second-order valence-corrected chi connectivity index (χ2v) is 11.1. The van der Waals surface area contributed by atoms with Crippen LogP contribution in [0, 0.1) is 0 Å². The van der Waals surface area contributed by atoms with Gasteiger partial charge in [-0.25, -0.2) is 0 Å². The van der Waals surface area contributed by atoms with Crippen LogP contribution in [0.3, 0.4) is 0 Å². The molecule has 2 N–H and O–H groups in total. The maximum Gasteiger partial charge on any atom is 0.471 e. The first-order valence-electron chi connectivity index (χ1n) is 13.4. The van der Waals surface area contributed by atoms with E-state index in [9.17, 15) is 27.9 Å². The van der Waals surface area contributed by atoms with Crippen molar-refractivity contribution in [3.8, 4) is 0 Å². The van der Waals surface area contributed by atoms with Crippen LogP contribution in [0.15, 0.2) is 60.0 Å². The van der Waals surface area contributed by atoms with Crippen molar-refractivity contribution in [2.75, 3.05) is 17.6 Å². The number of amides is 2. The monoisotopic (exact) mass is 605 g/mol. The molecule has 2 amide bonds. The van der Waals surface area contributed by atoms with E-state index in [1.807, 2.05) is 35.9 Å². The number of anilines is 1. The molecule has 0 saturated carbocycles. The Kier molecular flexibility index (Phi) is 9.16. The predicted octanol–water partition coefficient (Wildman–Crippen LogP) is 4.14. The number of aliphatic hydroxyl groups is 1. The molecule has 2 aliphatic rings. The average Bonchev–Trinajstić information content (AvgIpc) is 3.64. The highest BCUT2D eigenvalue weighted by atomic mass is 32.2. The van der Waals surface area contributed by atoms with Crippen molar-refractivity contribution in [1.82, 2.24) is 19.7 Å². The second kappa shape index (κ2) is 12.8. The Morgan fingerprint density at radius 3 is 2.45 bits per heavy atom. The Bertz CT molecular complexity index is 1390. The highest BCUT2D eigenvalue weighted by Crippen LogP contribution is 2.39. The number of hydrogen-bond donors (Lipinski definition) is 2. The molecule has 3 heterocycles. The fourth-order valence-corrected chi connectivity index (χ4v) is 5.89. The summed E-state index contributed by atoms with van der Waals surface area (Å²) < 4.78 is 53.3. The number of aromatic nitrogens is 3. The van der Waals surface area contributed by atoms with Gasteiger partial charge in [-0.15, -0.1) is 10.2 Å². The lowest BCUT2D eigenvalue weighted by atomic mass is 10.0. The maximum absolute atomic E-state index is 13.0. The zero-order valence-corrected chi connectivity index (χ0v) is 23.5. The average molecular weight is 606 g/mol. The quantitative estimate of drug-likeness (QED) is 0.368. The number of alkyl halides is 3. The number of aryl methyl sites for hydroxylation is 1. The molecular weight excluding hydrogens is 575 g/mol. The van der Waals surface area contributed by atoms with Gasteiger partial charge in [0.25, 0.3) is 0 Å². The molecule has 2 aromatic carbocycles. The van der Waals surface area contributed by atoms with E-state index in [1.165, 1.54) is 11.8 Å². The van der Waals surface area contributed by atoms with Crippen molar-refractivity contribution in [2.24, 2.45) is 7.05 Å². The van der Waals surface area contributed by atoms with E-state index in [-0.39, 0.29) is 31.8 Å². The SMILES string of the molecule is Cn1cnnc1SCC1CC(c2ccc(CO)cc2)OC(c2ccc(NC(=O)C3CCCN3C(=O)C(F)(F)F)cc2)O1. The molecule has 4 atom stereocenters. The third-order valence-corrected chi connectivity index (χ3v) is 8.36. The topological polar surface area (TPSA) is 119 Å². The van der Waals surface area contributed by atoms with Crippen molar-refractivity contribution < 1.29 is 37.3 Å². The Balaban J connectivity index is 1.28. The fourth-order valence-electron chi connectivity index (χ4n) is 4.99. The minimum absolute atomic E-state index is 0.0607. The standard InChI is InChI=1S/C28H30F3N5O5S/c1-35-16-32-34-27(35)42-15-21-13-23(18-6-4-17(14-37)5-7-18)41-25(40-21)19-8-10-20(11-9-19)33-24(38)22-3-2-12-36(22)26(39)28(29,30)31/h4-11,16,21-23,25,37H,2-3,12-15H2,1H3,(H,33,38). The molecule has 0 radical (unpaired) electrons. The third kappa shape index (κ3) is 6.94. The van der Waals surface area contributed by atoms with Gasteiger partial charge in [-0.1, -0.05) is 48.2 Å². The van der Waals surface area contributed by atoms with E-state index in [2.05, 4.69) is 15.5 Å². The molecule has 2 fully saturated rings. The lowest BCUT2D eigenvalue weighted by Gasteiger charge is -2.36. The Morgan fingerprint density at radius 2 is 1.81 bits per heavy atom. The smallest absolute Gasteiger partial charge is 0.392 e. The molecule has 4 unspecified atom stereocenters. The van der Waals surface area contributed by atoms with E-state index >= 15 is 0 Å². The zero-order valence-electron chi connectivity index (χ0n) is 22.7. The zero-order chi connectivity index (χ0) is 29.9. The minimum Gasteiger partial charge on any atom is -0.392 e. The van der Waals surface area contributed by atoms with Crippen LogP contribution in [0.4, 0.5) is 18.9 Å². The van der Waals surface area contributed by atoms with E-state index in [1.54, 1.807) is 30.6 Å². The van der Waals surface area contributed by atoms with Gasteiger partial charge in [-0.3, -0.25) is 9.59 Å². The van der Waals surface area contributed by atoms with Gasteiger partial charge < -0.3 is 29.4 Å². The van der Waals surface area contributed by atoms with Crippen molar-refractivity contribution >= 4 is 29.3 Å². The first-order chi connectivity index (χ1) is 20.1. The summed E-state index contributed by atoms with van der Waals surface area (Å²) in [5.74, 6) is -2.08. The number of benzene rings is 2. The van der Waals surface area contributed by atoms with Crippen LogP contribution in [0.5, 0.6) is 0 Å². The molecule has 10 nitrogen and oxygen atoms in total. The summed E-state index contributed by atoms with van der Waals surface area (Å²) in [6.07, 6.45) is -3.58. The van der Waals surface area contributed by atoms with Gasteiger partial charge in [0.1, 0.15) is 12.4 Å². The van der Waals surface area contributed by atoms with Crippen LogP contribution >= 0.6 is 11.8 Å². The number of aliphatic hydroxyl groups excluding tert-OH is 1. The van der Waals surface area contributed by atoms with Crippen LogP contribution in [-0.4, -0.2) is 67.2 Å². The summed E-state index contributed by atoms with van der Waals surface area (Å²) >= 11 is 1.52. The predicted molar refractivity (Wildman–Crippen MR) is 146 cm³/mol. The van der Waals surface area contributed by atoms with Gasteiger partial charge in [-0.05, 0) is 36.1 Å². The first-order valence-corrected chi connectivity index (χ1v) is 14.4. The Hall–Kier alpha value is -3.46. The van der Waals surface area contributed by atoms with E-state index in [4.69, 9.17) is 9.47 Å². The number of ether oxygens (including phenoxy) is 2. The highest BCUT2D eigenvalue weighted by Gasteiger charge is 2.47. The number of nitrogens with zero attached hydrogens (tertiary/aromatic N) is 4. The highest BCUT2D eigenvalue weighted by molar-refractivity contribution is 7.99. The lowest BCUT2D eigenvalue weighted by molar-refractivity contribution is -0.245. The summed E-state index contributed by atoms with van der Waals surface area (Å²) in [6.45, 7) is -0.180. The summed E-state index contributed by atoms with van der Waals surface area (Å²) in [4.78, 5) is 25.1. The molecule has 42 heavy (non-hydrogen) atoms. The molecule has 3 aromatic rings. The summed E-state index contributed by atoms with van der Waals surface area (Å²) in [5, 5.41) is 20.8. The largest absolute Gasteiger partial charge is 0.471 e. The van der Waals surface area contributed by atoms with E-state index in [0.29, 0.717) is 34.7 Å². The summed E-state index contributed by atoms with van der Waals surface area (Å²) in [7, 11) is 1.86. The molecule has 0 aliphatic carbocycles. The molecule has 1 aromatic heterocycles. The second-order valence-electron chi connectivity index (χ2n) is 10.2. The van der Waals surface area contributed by atoms with Gasteiger partial charge in [0.15, 0.2) is 11.4 Å². The number of nitrogens with one attached hydrogen (secondary N) is 1. The van der Waals surface area contributed by atoms with E-state index < -0.39 is 30.3 Å². The molecule has 14 heteroatoms. The summed E-state index contributed by atoms with van der Waals surface area (Å²) in [5.41, 5.74) is 2.79. The fraction of sp³-hybridized carbons (Fsp3) is 0.429. The minimum atomic E-state index is -5.03. The van der Waals surface area contributed by atoms with Crippen LogP contribution in [0.1, 0.15) is 48.3 Å². The van der Waals surface area contributed by atoms with Crippen LogP contribution < -0.4 is 5.32 Å². The van der Waals surface area contributed by atoms with Crippen molar-refractivity contribution in [2.45, 2.75) is 61.7 Å². The van der Waals surface area contributed by atoms with Crippen LogP contribution in [-0.2, 0) is 32.7 Å². The number of thioether (sulfide) groups is 1. The molecular formula is C28H30F3N5O5S. The number of hydrogen-bond acceptors (Lipinski definition) is 8. The molecule has 2 aliphatic heterocycles. The van der Waals surface area contributed by atoms with E-state index in [0.717, 1.165) is 16.3 Å². The number of halogens is 3.